The highest BCUT2D eigenvalue weighted by atomic mass is 16.2. The maximum absolute atomic E-state index is 8.98. The lowest BCUT2D eigenvalue weighted by molar-refractivity contribution is 0.305. The standard InChI is InChI=1S/C24H20N4O/c29-16-7-5-14-22-27-21-13-8-12-20(18-9-2-1-3-10-18)23(21)24(28-22)26-17-19-11-4-6-15-25-19/h1-4,6,8-13,15,29H,7,16-17H2,(H,26,27,28). The Morgan fingerprint density at radius 3 is 2.55 bits per heavy atom. The number of fused-ring (bicyclic) bond motifs is 1. The first kappa shape index (κ1) is 18.6. The summed E-state index contributed by atoms with van der Waals surface area (Å²) in [6.45, 7) is 0.559. The lowest BCUT2D eigenvalue weighted by Crippen LogP contribution is -2.06. The first-order chi connectivity index (χ1) is 14.3. The minimum Gasteiger partial charge on any atom is -0.395 e. The molecule has 4 rings (SSSR count). The molecule has 2 N–H and O–H groups in total. The zero-order chi connectivity index (χ0) is 19.9. The van der Waals surface area contributed by atoms with Gasteiger partial charge in [-0.15, -0.1) is 0 Å². The number of aliphatic hydroxyl groups excluding tert-OH is 1. The molecule has 0 aliphatic carbocycles. The zero-order valence-corrected chi connectivity index (χ0v) is 15.8. The second-order valence-corrected chi connectivity index (χ2v) is 6.41. The summed E-state index contributed by atoms with van der Waals surface area (Å²) in [5, 5.41) is 13.3. The van der Waals surface area contributed by atoms with Gasteiger partial charge in [0.15, 0.2) is 0 Å². The number of nitrogens with zero attached hydrogens (tertiary/aromatic N) is 3. The van der Waals surface area contributed by atoms with Crippen LogP contribution in [0.15, 0.2) is 72.9 Å². The number of aromatic nitrogens is 3. The smallest absolute Gasteiger partial charge is 0.207 e. The average molecular weight is 380 g/mol. The molecule has 29 heavy (non-hydrogen) atoms. The van der Waals surface area contributed by atoms with Crippen molar-refractivity contribution in [2.45, 2.75) is 13.0 Å². The highest BCUT2D eigenvalue weighted by Gasteiger charge is 2.12. The summed E-state index contributed by atoms with van der Waals surface area (Å²) < 4.78 is 0. The van der Waals surface area contributed by atoms with E-state index in [1.807, 2.05) is 48.5 Å². The molecule has 4 aromatic rings. The highest BCUT2D eigenvalue weighted by Crippen LogP contribution is 2.32. The van der Waals surface area contributed by atoms with Crippen molar-refractivity contribution in [1.29, 1.82) is 0 Å². The summed E-state index contributed by atoms with van der Waals surface area (Å²) in [5.74, 6) is 6.99. The van der Waals surface area contributed by atoms with Crippen molar-refractivity contribution in [1.82, 2.24) is 15.0 Å². The van der Waals surface area contributed by atoms with Crippen LogP contribution < -0.4 is 5.32 Å². The first-order valence-electron chi connectivity index (χ1n) is 9.45. The molecule has 5 heteroatoms. The van der Waals surface area contributed by atoms with Crippen LogP contribution in [0.25, 0.3) is 22.0 Å². The van der Waals surface area contributed by atoms with Crippen LogP contribution in [-0.2, 0) is 6.54 Å². The van der Waals surface area contributed by atoms with Gasteiger partial charge in [-0.1, -0.05) is 54.5 Å². The average Bonchev–Trinajstić information content (AvgIpc) is 2.78. The summed E-state index contributed by atoms with van der Waals surface area (Å²) in [6.07, 6.45) is 2.17. The largest absolute Gasteiger partial charge is 0.395 e. The van der Waals surface area contributed by atoms with Crippen LogP contribution in [0.3, 0.4) is 0 Å². The Bertz CT molecular complexity index is 1170. The summed E-state index contributed by atoms with van der Waals surface area (Å²) in [6, 6.07) is 22.0. The van der Waals surface area contributed by atoms with Crippen LogP contribution >= 0.6 is 0 Å². The van der Waals surface area contributed by atoms with E-state index in [1.165, 1.54) is 0 Å². The van der Waals surface area contributed by atoms with Gasteiger partial charge in [-0.05, 0) is 35.2 Å². The lowest BCUT2D eigenvalue weighted by atomic mass is 10.0. The van der Waals surface area contributed by atoms with Crippen molar-refractivity contribution in [3.05, 3.63) is 84.4 Å². The second kappa shape index (κ2) is 8.96. The third kappa shape index (κ3) is 4.40. The van der Waals surface area contributed by atoms with Gasteiger partial charge in [0.1, 0.15) is 5.82 Å². The summed E-state index contributed by atoms with van der Waals surface area (Å²) in [4.78, 5) is 13.7. The SMILES string of the molecule is OCCC#Cc1nc(NCc2ccccn2)c2c(-c3ccccc3)cccc2n1. The fraction of sp³-hybridized carbons (Fsp3) is 0.125. The van der Waals surface area contributed by atoms with Crippen LogP contribution in [0.4, 0.5) is 5.82 Å². The molecule has 0 radical (unpaired) electrons. The number of rotatable bonds is 5. The predicted molar refractivity (Wildman–Crippen MR) is 115 cm³/mol. The van der Waals surface area contributed by atoms with E-state index in [4.69, 9.17) is 5.11 Å². The Hall–Kier alpha value is -3.75. The van der Waals surface area contributed by atoms with E-state index in [2.05, 4.69) is 50.3 Å². The summed E-state index contributed by atoms with van der Waals surface area (Å²) in [7, 11) is 0. The molecule has 0 saturated carbocycles. The van der Waals surface area contributed by atoms with Gasteiger partial charge >= 0.3 is 0 Å². The van der Waals surface area contributed by atoms with E-state index in [-0.39, 0.29) is 6.61 Å². The third-order valence-corrected chi connectivity index (χ3v) is 4.41. The van der Waals surface area contributed by atoms with E-state index in [1.54, 1.807) is 6.20 Å². The van der Waals surface area contributed by atoms with Gasteiger partial charge in [0, 0.05) is 12.6 Å². The fourth-order valence-electron chi connectivity index (χ4n) is 3.10. The maximum atomic E-state index is 8.98. The van der Waals surface area contributed by atoms with E-state index < -0.39 is 0 Å². The number of nitrogens with one attached hydrogen (secondary N) is 1. The maximum Gasteiger partial charge on any atom is 0.207 e. The van der Waals surface area contributed by atoms with Crippen LogP contribution in [0.2, 0.25) is 0 Å². The van der Waals surface area contributed by atoms with Crippen molar-refractivity contribution in [3.63, 3.8) is 0 Å². The molecule has 5 nitrogen and oxygen atoms in total. The minimum atomic E-state index is 0.0174. The molecule has 2 aromatic heterocycles. The fourth-order valence-corrected chi connectivity index (χ4v) is 3.10. The summed E-state index contributed by atoms with van der Waals surface area (Å²) in [5.41, 5.74) is 3.89. The van der Waals surface area contributed by atoms with Crippen LogP contribution in [0, 0.1) is 11.8 Å². The lowest BCUT2D eigenvalue weighted by Gasteiger charge is -2.13. The Balaban J connectivity index is 1.83. The molecule has 142 valence electrons. The van der Waals surface area contributed by atoms with Gasteiger partial charge in [-0.3, -0.25) is 4.98 Å². The van der Waals surface area contributed by atoms with E-state index >= 15 is 0 Å². The zero-order valence-electron chi connectivity index (χ0n) is 15.8. The number of hydrogen-bond acceptors (Lipinski definition) is 5. The van der Waals surface area contributed by atoms with E-state index in [0.717, 1.165) is 27.7 Å². The molecule has 2 aromatic carbocycles. The number of anilines is 1. The topological polar surface area (TPSA) is 70.9 Å². The number of hydrogen-bond donors (Lipinski definition) is 2. The van der Waals surface area contributed by atoms with Crippen LogP contribution in [0.5, 0.6) is 0 Å². The molecule has 0 atom stereocenters. The summed E-state index contributed by atoms with van der Waals surface area (Å²) >= 11 is 0. The van der Waals surface area contributed by atoms with Gasteiger partial charge in [0.05, 0.1) is 29.7 Å². The molecule has 0 fully saturated rings. The van der Waals surface area contributed by atoms with Crippen molar-refractivity contribution in [2.24, 2.45) is 0 Å². The van der Waals surface area contributed by atoms with Crippen LogP contribution in [-0.4, -0.2) is 26.7 Å². The number of pyridine rings is 1. The van der Waals surface area contributed by atoms with Crippen molar-refractivity contribution in [2.75, 3.05) is 11.9 Å². The number of benzene rings is 2. The second-order valence-electron chi connectivity index (χ2n) is 6.41. The quantitative estimate of drug-likeness (QED) is 0.512. The van der Waals surface area contributed by atoms with Crippen molar-refractivity contribution < 1.29 is 5.11 Å². The molecule has 0 aliphatic heterocycles. The molecule has 0 bridgehead atoms. The van der Waals surface area contributed by atoms with Gasteiger partial charge in [-0.25, -0.2) is 9.97 Å². The van der Waals surface area contributed by atoms with Crippen LogP contribution in [0.1, 0.15) is 17.9 Å². The van der Waals surface area contributed by atoms with E-state index in [9.17, 15) is 0 Å². The van der Waals surface area contributed by atoms with Crippen molar-refractivity contribution in [3.8, 4) is 23.0 Å². The predicted octanol–water partition coefficient (Wildman–Crippen LogP) is 4.04. The molecule has 0 spiro atoms. The minimum absolute atomic E-state index is 0.0174. The first-order valence-corrected chi connectivity index (χ1v) is 9.45. The third-order valence-electron chi connectivity index (χ3n) is 4.41. The molecule has 0 aliphatic rings. The van der Waals surface area contributed by atoms with Gasteiger partial charge in [0.25, 0.3) is 0 Å². The molecule has 2 heterocycles. The molecule has 0 unspecified atom stereocenters. The molecule has 0 saturated heterocycles. The normalized spacial score (nSPS) is 10.4. The Labute approximate surface area is 169 Å². The van der Waals surface area contributed by atoms with E-state index in [0.29, 0.717) is 24.6 Å². The highest BCUT2D eigenvalue weighted by molar-refractivity contribution is 6.01. The Kier molecular flexibility index (Phi) is 5.75. The number of aliphatic hydroxyl groups is 1. The Morgan fingerprint density at radius 2 is 1.76 bits per heavy atom. The van der Waals surface area contributed by atoms with Gasteiger partial charge in [-0.2, -0.15) is 0 Å². The molecular weight excluding hydrogens is 360 g/mol. The van der Waals surface area contributed by atoms with Crippen molar-refractivity contribution >= 4 is 16.7 Å². The van der Waals surface area contributed by atoms with Gasteiger partial charge < -0.3 is 10.4 Å². The molecular formula is C24H20N4O. The monoisotopic (exact) mass is 380 g/mol. The van der Waals surface area contributed by atoms with Gasteiger partial charge in [0.2, 0.25) is 5.82 Å². The molecule has 0 amide bonds. The Morgan fingerprint density at radius 1 is 0.897 bits per heavy atom.